The fourth-order valence-electron chi connectivity index (χ4n) is 1.97. The van der Waals surface area contributed by atoms with Crippen LogP contribution in [0.1, 0.15) is 33.6 Å². The summed E-state index contributed by atoms with van der Waals surface area (Å²) in [4.78, 5) is 11.1. The van der Waals surface area contributed by atoms with Crippen LogP contribution in [0.15, 0.2) is 0 Å². The zero-order valence-corrected chi connectivity index (χ0v) is 10.0. The van der Waals surface area contributed by atoms with Gasteiger partial charge in [-0.05, 0) is 27.2 Å². The zero-order chi connectivity index (χ0) is 11.5. The summed E-state index contributed by atoms with van der Waals surface area (Å²) in [5.41, 5.74) is -0.0204. The Kier molecular flexibility index (Phi) is 4.11. The number of nitrogens with one attached hydrogen (secondary N) is 1. The van der Waals surface area contributed by atoms with Crippen LogP contribution >= 0.6 is 0 Å². The standard InChI is InChI=1S/C11H21NO3/c1-8(7-10(13)14-4)12-11(3)5-6-15-9(11)2/h8-9,12H,5-7H2,1-4H3. The second-order valence-electron chi connectivity index (χ2n) is 4.51. The normalized spacial score (nSPS) is 32.7. The molecule has 0 radical (unpaired) electrons. The minimum absolute atomic E-state index is 0.0204. The summed E-state index contributed by atoms with van der Waals surface area (Å²) >= 11 is 0. The van der Waals surface area contributed by atoms with Crippen LogP contribution in [-0.2, 0) is 14.3 Å². The molecule has 0 aliphatic carbocycles. The van der Waals surface area contributed by atoms with Gasteiger partial charge in [-0.25, -0.2) is 0 Å². The van der Waals surface area contributed by atoms with Crippen LogP contribution in [0.4, 0.5) is 0 Å². The molecule has 0 amide bonds. The second kappa shape index (κ2) is 4.94. The minimum atomic E-state index is -0.176. The first-order chi connectivity index (χ1) is 6.98. The molecule has 1 N–H and O–H groups in total. The average molecular weight is 215 g/mol. The van der Waals surface area contributed by atoms with Crippen molar-refractivity contribution in [2.75, 3.05) is 13.7 Å². The van der Waals surface area contributed by atoms with Crippen molar-refractivity contribution in [1.82, 2.24) is 5.32 Å². The lowest BCUT2D eigenvalue weighted by Crippen LogP contribution is -2.52. The largest absolute Gasteiger partial charge is 0.469 e. The SMILES string of the molecule is COC(=O)CC(C)NC1(C)CCOC1C. The third-order valence-corrected chi connectivity index (χ3v) is 3.16. The number of ether oxygens (including phenoxy) is 2. The first-order valence-electron chi connectivity index (χ1n) is 5.44. The van der Waals surface area contributed by atoms with E-state index in [1.165, 1.54) is 7.11 Å². The van der Waals surface area contributed by atoms with Crippen molar-refractivity contribution < 1.29 is 14.3 Å². The predicted octanol–water partition coefficient (Wildman–Crippen LogP) is 1.10. The van der Waals surface area contributed by atoms with Gasteiger partial charge in [0.25, 0.3) is 0 Å². The second-order valence-corrected chi connectivity index (χ2v) is 4.51. The lowest BCUT2D eigenvalue weighted by molar-refractivity contribution is -0.141. The van der Waals surface area contributed by atoms with E-state index in [0.717, 1.165) is 13.0 Å². The third kappa shape index (κ3) is 3.18. The summed E-state index contributed by atoms with van der Waals surface area (Å²) in [5.74, 6) is -0.176. The number of rotatable bonds is 4. The van der Waals surface area contributed by atoms with Crippen LogP contribution in [0.25, 0.3) is 0 Å². The zero-order valence-electron chi connectivity index (χ0n) is 10.0. The summed E-state index contributed by atoms with van der Waals surface area (Å²) in [5, 5.41) is 3.44. The Labute approximate surface area is 91.3 Å². The van der Waals surface area contributed by atoms with Gasteiger partial charge in [-0.2, -0.15) is 0 Å². The van der Waals surface area contributed by atoms with E-state index in [2.05, 4.69) is 23.9 Å². The van der Waals surface area contributed by atoms with Crippen molar-refractivity contribution in [2.24, 2.45) is 0 Å². The number of methoxy groups -OCH3 is 1. The van der Waals surface area contributed by atoms with Gasteiger partial charge in [-0.15, -0.1) is 0 Å². The van der Waals surface area contributed by atoms with E-state index in [9.17, 15) is 4.79 Å². The van der Waals surface area contributed by atoms with Gasteiger partial charge in [-0.1, -0.05) is 0 Å². The van der Waals surface area contributed by atoms with E-state index in [0.29, 0.717) is 6.42 Å². The summed E-state index contributed by atoms with van der Waals surface area (Å²) in [6, 6.07) is 0.117. The van der Waals surface area contributed by atoms with Gasteiger partial charge in [0.15, 0.2) is 0 Å². The number of carbonyl (C=O) groups excluding carboxylic acids is 1. The summed E-state index contributed by atoms with van der Waals surface area (Å²) in [7, 11) is 1.41. The van der Waals surface area contributed by atoms with Crippen LogP contribution in [0.5, 0.6) is 0 Å². The highest BCUT2D eigenvalue weighted by molar-refractivity contribution is 5.69. The van der Waals surface area contributed by atoms with Gasteiger partial charge in [0.2, 0.25) is 0 Å². The lowest BCUT2D eigenvalue weighted by atomic mass is 9.93. The molecule has 0 aromatic rings. The molecule has 1 heterocycles. The molecular formula is C11H21NO3. The smallest absolute Gasteiger partial charge is 0.307 e. The molecule has 1 fully saturated rings. The number of hydrogen-bond acceptors (Lipinski definition) is 4. The Bertz CT molecular complexity index is 232. The highest BCUT2D eigenvalue weighted by Gasteiger charge is 2.37. The molecule has 1 rings (SSSR count). The molecular weight excluding hydrogens is 194 g/mol. The molecule has 1 aliphatic heterocycles. The maximum absolute atomic E-state index is 11.1. The van der Waals surface area contributed by atoms with Gasteiger partial charge in [0.1, 0.15) is 0 Å². The maximum atomic E-state index is 11.1. The highest BCUT2D eigenvalue weighted by Crippen LogP contribution is 2.25. The van der Waals surface area contributed by atoms with Crippen LogP contribution in [-0.4, -0.2) is 37.4 Å². The first-order valence-corrected chi connectivity index (χ1v) is 5.44. The van der Waals surface area contributed by atoms with Crippen LogP contribution in [0, 0.1) is 0 Å². The monoisotopic (exact) mass is 215 g/mol. The van der Waals surface area contributed by atoms with Crippen LogP contribution in [0.3, 0.4) is 0 Å². The molecule has 15 heavy (non-hydrogen) atoms. The molecule has 0 aromatic heterocycles. The Morgan fingerprint density at radius 1 is 1.73 bits per heavy atom. The fourth-order valence-corrected chi connectivity index (χ4v) is 1.97. The van der Waals surface area contributed by atoms with Crippen molar-refractivity contribution in [3.63, 3.8) is 0 Å². The summed E-state index contributed by atoms with van der Waals surface area (Å²) in [6.07, 6.45) is 1.58. The Hall–Kier alpha value is -0.610. The average Bonchev–Trinajstić information content (AvgIpc) is 2.46. The van der Waals surface area contributed by atoms with Crippen molar-refractivity contribution in [3.8, 4) is 0 Å². The van der Waals surface area contributed by atoms with Gasteiger partial charge in [-0.3, -0.25) is 4.79 Å². The molecule has 0 spiro atoms. The van der Waals surface area contributed by atoms with E-state index in [4.69, 9.17) is 4.74 Å². The number of hydrogen-bond donors (Lipinski definition) is 1. The molecule has 4 nitrogen and oxygen atoms in total. The number of esters is 1. The molecule has 4 heteroatoms. The van der Waals surface area contributed by atoms with Gasteiger partial charge in [0.05, 0.1) is 19.6 Å². The van der Waals surface area contributed by atoms with Gasteiger partial charge < -0.3 is 14.8 Å². The highest BCUT2D eigenvalue weighted by atomic mass is 16.5. The van der Waals surface area contributed by atoms with Crippen molar-refractivity contribution in [2.45, 2.75) is 51.3 Å². The molecule has 3 unspecified atom stereocenters. The van der Waals surface area contributed by atoms with E-state index in [1.54, 1.807) is 0 Å². The van der Waals surface area contributed by atoms with Crippen LogP contribution in [0.2, 0.25) is 0 Å². The van der Waals surface area contributed by atoms with Gasteiger partial charge in [0, 0.05) is 18.2 Å². The molecule has 88 valence electrons. The molecule has 0 saturated carbocycles. The summed E-state index contributed by atoms with van der Waals surface area (Å²) < 4.78 is 10.2. The fraction of sp³-hybridized carbons (Fsp3) is 0.909. The Balaban J connectivity index is 2.43. The maximum Gasteiger partial charge on any atom is 0.307 e. The van der Waals surface area contributed by atoms with Gasteiger partial charge >= 0.3 is 5.97 Å². The molecule has 3 atom stereocenters. The van der Waals surface area contributed by atoms with E-state index in [-0.39, 0.29) is 23.7 Å². The minimum Gasteiger partial charge on any atom is -0.469 e. The Morgan fingerprint density at radius 3 is 2.87 bits per heavy atom. The van der Waals surface area contributed by atoms with E-state index >= 15 is 0 Å². The number of carbonyl (C=O) groups is 1. The first kappa shape index (κ1) is 12.5. The topological polar surface area (TPSA) is 47.6 Å². The molecule has 0 bridgehead atoms. The third-order valence-electron chi connectivity index (χ3n) is 3.16. The van der Waals surface area contributed by atoms with E-state index < -0.39 is 0 Å². The van der Waals surface area contributed by atoms with Crippen molar-refractivity contribution >= 4 is 5.97 Å². The Morgan fingerprint density at radius 2 is 2.40 bits per heavy atom. The lowest BCUT2D eigenvalue weighted by Gasteiger charge is -2.32. The van der Waals surface area contributed by atoms with Crippen molar-refractivity contribution in [3.05, 3.63) is 0 Å². The quantitative estimate of drug-likeness (QED) is 0.713. The van der Waals surface area contributed by atoms with E-state index in [1.807, 2.05) is 6.92 Å². The molecule has 0 aromatic carbocycles. The molecule has 1 saturated heterocycles. The summed E-state index contributed by atoms with van der Waals surface area (Å²) in [6.45, 7) is 6.98. The van der Waals surface area contributed by atoms with Crippen molar-refractivity contribution in [1.29, 1.82) is 0 Å². The van der Waals surface area contributed by atoms with Crippen LogP contribution < -0.4 is 5.32 Å². The predicted molar refractivity (Wildman–Crippen MR) is 57.7 cm³/mol. The molecule has 1 aliphatic rings.